The van der Waals surface area contributed by atoms with Gasteiger partial charge in [0.1, 0.15) is 12.4 Å². The summed E-state index contributed by atoms with van der Waals surface area (Å²) in [6.45, 7) is 0.476. The van der Waals surface area contributed by atoms with Gasteiger partial charge in [0.05, 0.1) is 0 Å². The zero-order chi connectivity index (χ0) is 21.7. The van der Waals surface area contributed by atoms with Gasteiger partial charge in [-0.25, -0.2) is 9.20 Å². The highest BCUT2D eigenvalue weighted by Gasteiger charge is 2.22. The molecular formula is C22H20N6O3. The Morgan fingerprint density at radius 3 is 2.26 bits per heavy atom. The maximum absolute atomic E-state index is 12.7. The monoisotopic (exact) mass is 416 g/mol. The van der Waals surface area contributed by atoms with Gasteiger partial charge in [0.25, 0.3) is 5.56 Å². The summed E-state index contributed by atoms with van der Waals surface area (Å²) in [5.74, 6) is 1.75. The Balaban J connectivity index is 1.59. The number of ether oxygens (including phenoxy) is 1. The van der Waals surface area contributed by atoms with Gasteiger partial charge in [0.15, 0.2) is 17.0 Å². The number of aryl methyl sites for hydroxylation is 2. The number of benzene rings is 2. The first kappa shape index (κ1) is 18.9. The van der Waals surface area contributed by atoms with Crippen LogP contribution >= 0.6 is 0 Å². The largest absolute Gasteiger partial charge is 0.489 e. The third-order valence-corrected chi connectivity index (χ3v) is 5.46. The third kappa shape index (κ3) is 2.85. The number of imidazole rings is 1. The highest BCUT2D eigenvalue weighted by atomic mass is 16.5. The third-order valence-electron chi connectivity index (χ3n) is 5.46. The average Bonchev–Trinajstić information content (AvgIpc) is 3.35. The molecule has 0 fully saturated rings. The van der Waals surface area contributed by atoms with Crippen LogP contribution in [-0.4, -0.2) is 28.3 Å². The summed E-state index contributed by atoms with van der Waals surface area (Å²) in [6, 6.07) is 17.4. The van der Waals surface area contributed by atoms with Crippen molar-refractivity contribution < 1.29 is 4.74 Å². The van der Waals surface area contributed by atoms with Gasteiger partial charge in [0, 0.05) is 26.7 Å². The van der Waals surface area contributed by atoms with Gasteiger partial charge in [-0.2, -0.15) is 0 Å². The lowest BCUT2D eigenvalue weighted by Crippen LogP contribution is -2.37. The van der Waals surface area contributed by atoms with Crippen LogP contribution in [0, 0.1) is 0 Å². The van der Waals surface area contributed by atoms with Crippen molar-refractivity contribution in [1.29, 1.82) is 0 Å². The molecule has 0 unspecified atom stereocenters. The van der Waals surface area contributed by atoms with Crippen LogP contribution in [0.5, 0.6) is 5.75 Å². The Hall–Kier alpha value is -4.14. The number of nitrogens with zero attached hydrogens (tertiary/aromatic N) is 6. The van der Waals surface area contributed by atoms with E-state index in [9.17, 15) is 9.59 Å². The number of fused-ring (bicyclic) bond motifs is 3. The summed E-state index contributed by atoms with van der Waals surface area (Å²) in [5, 5.41) is 8.56. The molecule has 5 rings (SSSR count). The summed E-state index contributed by atoms with van der Waals surface area (Å²) < 4.78 is 11.8. The molecule has 0 bridgehead atoms. The van der Waals surface area contributed by atoms with E-state index in [1.54, 1.807) is 23.1 Å². The molecule has 0 radical (unpaired) electrons. The molecule has 0 saturated heterocycles. The number of hydrogen-bond donors (Lipinski definition) is 0. The first-order valence-corrected chi connectivity index (χ1v) is 9.74. The second-order valence-electron chi connectivity index (χ2n) is 7.39. The van der Waals surface area contributed by atoms with Crippen molar-refractivity contribution in [2.24, 2.45) is 21.1 Å². The maximum atomic E-state index is 12.7. The molecule has 0 amide bonds. The molecule has 0 saturated carbocycles. The van der Waals surface area contributed by atoms with E-state index in [0.717, 1.165) is 21.4 Å². The Morgan fingerprint density at radius 1 is 0.839 bits per heavy atom. The minimum absolute atomic E-state index is 0.373. The Morgan fingerprint density at radius 2 is 1.55 bits per heavy atom. The zero-order valence-corrected chi connectivity index (χ0v) is 17.3. The zero-order valence-electron chi connectivity index (χ0n) is 17.3. The van der Waals surface area contributed by atoms with Gasteiger partial charge in [-0.05, 0) is 29.8 Å². The second-order valence-corrected chi connectivity index (χ2v) is 7.39. The van der Waals surface area contributed by atoms with E-state index in [1.165, 1.54) is 11.6 Å². The number of rotatable bonds is 4. The van der Waals surface area contributed by atoms with Crippen molar-refractivity contribution in [3.63, 3.8) is 0 Å². The van der Waals surface area contributed by atoms with Crippen molar-refractivity contribution >= 4 is 16.9 Å². The fourth-order valence-corrected chi connectivity index (χ4v) is 3.78. The van der Waals surface area contributed by atoms with E-state index in [4.69, 9.17) is 4.74 Å². The lowest BCUT2D eigenvalue weighted by molar-refractivity contribution is 0.306. The van der Waals surface area contributed by atoms with Crippen LogP contribution in [0.4, 0.5) is 0 Å². The molecule has 3 heterocycles. The summed E-state index contributed by atoms with van der Waals surface area (Å²) >= 11 is 0. The van der Waals surface area contributed by atoms with Crippen molar-refractivity contribution in [1.82, 2.24) is 28.3 Å². The maximum Gasteiger partial charge on any atom is 0.332 e. The average molecular weight is 416 g/mol. The van der Waals surface area contributed by atoms with Gasteiger partial charge in [-0.3, -0.25) is 13.9 Å². The number of hydrogen-bond acceptors (Lipinski definition) is 5. The second kappa shape index (κ2) is 6.98. The Kier molecular flexibility index (Phi) is 4.25. The smallest absolute Gasteiger partial charge is 0.332 e. The van der Waals surface area contributed by atoms with E-state index in [2.05, 4.69) is 10.2 Å². The number of aromatic nitrogens is 6. The predicted molar refractivity (Wildman–Crippen MR) is 116 cm³/mol. The van der Waals surface area contributed by atoms with Gasteiger partial charge >= 0.3 is 5.69 Å². The molecule has 0 spiro atoms. The minimum atomic E-state index is -0.408. The molecule has 9 heteroatoms. The minimum Gasteiger partial charge on any atom is -0.489 e. The predicted octanol–water partition coefficient (Wildman–Crippen LogP) is 1.86. The van der Waals surface area contributed by atoms with Gasteiger partial charge in [-0.1, -0.05) is 30.3 Å². The van der Waals surface area contributed by atoms with Crippen molar-refractivity contribution in [3.05, 3.63) is 81.0 Å². The van der Waals surface area contributed by atoms with Crippen LogP contribution in [0.25, 0.3) is 28.3 Å². The molecule has 5 aromatic rings. The van der Waals surface area contributed by atoms with Gasteiger partial charge in [-0.15, -0.1) is 10.2 Å². The van der Waals surface area contributed by atoms with E-state index in [1.807, 2.05) is 54.6 Å². The quantitative estimate of drug-likeness (QED) is 0.446. The van der Waals surface area contributed by atoms with Crippen LogP contribution in [0.15, 0.2) is 64.2 Å². The van der Waals surface area contributed by atoms with Crippen LogP contribution < -0.4 is 16.0 Å². The summed E-state index contributed by atoms with van der Waals surface area (Å²) in [5.41, 5.74) is 1.94. The first-order chi connectivity index (χ1) is 15.0. The summed E-state index contributed by atoms with van der Waals surface area (Å²) in [6.07, 6.45) is 0. The van der Waals surface area contributed by atoms with E-state index < -0.39 is 5.69 Å². The van der Waals surface area contributed by atoms with Crippen molar-refractivity contribution in [2.75, 3.05) is 0 Å². The molecule has 2 aromatic carbocycles. The van der Waals surface area contributed by atoms with Crippen molar-refractivity contribution in [3.8, 4) is 17.1 Å². The lowest BCUT2D eigenvalue weighted by atomic mass is 10.2. The Bertz CT molecular complexity index is 1540. The van der Waals surface area contributed by atoms with Crippen molar-refractivity contribution in [2.45, 2.75) is 6.61 Å². The normalized spacial score (nSPS) is 11.5. The molecule has 0 atom stereocenters. The molecule has 0 aliphatic carbocycles. The SMILES string of the molecule is Cn1c(=O)c2c(n(C)c1=O)n1c(-c3ccc(OCc4ccccc4)cc3)nnc1n2C. The fourth-order valence-electron chi connectivity index (χ4n) is 3.78. The van der Waals surface area contributed by atoms with Crippen LogP contribution in [-0.2, 0) is 27.7 Å². The fraction of sp³-hybridized carbons (Fsp3) is 0.182. The topological polar surface area (TPSA) is 88.3 Å². The van der Waals surface area contributed by atoms with Gasteiger partial charge in [0.2, 0.25) is 5.78 Å². The molecule has 31 heavy (non-hydrogen) atoms. The van der Waals surface area contributed by atoms with Crippen LogP contribution in [0.1, 0.15) is 5.56 Å². The Labute approximate surface area is 176 Å². The summed E-state index contributed by atoms with van der Waals surface area (Å²) in [7, 11) is 4.84. The molecule has 0 aliphatic heterocycles. The standard InChI is InChI=1S/C22H20N6O3/c1-25-17-19(26(2)22(30)27(3)20(17)29)28-18(23-24-21(25)28)15-9-11-16(12-10-15)31-13-14-7-5-4-6-8-14/h4-12H,13H2,1-3H3. The highest BCUT2D eigenvalue weighted by Crippen LogP contribution is 2.25. The van der Waals surface area contributed by atoms with E-state index in [-0.39, 0.29) is 5.56 Å². The molecular weight excluding hydrogens is 396 g/mol. The molecule has 156 valence electrons. The van der Waals surface area contributed by atoms with Gasteiger partial charge < -0.3 is 9.30 Å². The van der Waals surface area contributed by atoms with E-state index in [0.29, 0.717) is 29.4 Å². The van der Waals surface area contributed by atoms with Crippen LogP contribution in [0.2, 0.25) is 0 Å². The molecule has 3 aromatic heterocycles. The highest BCUT2D eigenvalue weighted by molar-refractivity contribution is 5.79. The molecule has 0 N–H and O–H groups in total. The van der Waals surface area contributed by atoms with E-state index >= 15 is 0 Å². The van der Waals surface area contributed by atoms with Crippen LogP contribution in [0.3, 0.4) is 0 Å². The molecule has 0 aliphatic rings. The lowest BCUT2D eigenvalue weighted by Gasteiger charge is -2.08. The summed E-state index contributed by atoms with van der Waals surface area (Å²) in [4.78, 5) is 25.2. The molecule has 9 nitrogen and oxygen atoms in total. The first-order valence-electron chi connectivity index (χ1n) is 9.74.